The van der Waals surface area contributed by atoms with E-state index in [0.717, 1.165) is 10.9 Å². The van der Waals surface area contributed by atoms with Gasteiger partial charge < -0.3 is 10.2 Å². The second-order valence-corrected chi connectivity index (χ2v) is 6.12. The van der Waals surface area contributed by atoms with Crippen LogP contribution in [0.1, 0.15) is 10.4 Å². The van der Waals surface area contributed by atoms with E-state index in [2.05, 4.69) is 0 Å². The average molecular weight is 336 g/mol. The predicted molar refractivity (Wildman–Crippen MR) is 82.2 cm³/mol. The summed E-state index contributed by atoms with van der Waals surface area (Å²) < 4.78 is 40.2. The third-order valence-corrected chi connectivity index (χ3v) is 4.52. The molecule has 3 rings (SSSR count). The summed E-state index contributed by atoms with van der Waals surface area (Å²) in [5.74, 6) is -5.24. The number of hydrogen-bond donors (Lipinski definition) is 2. The second-order valence-electron chi connectivity index (χ2n) is 4.95. The van der Waals surface area contributed by atoms with Crippen LogP contribution in [-0.4, -0.2) is 10.2 Å². The Morgan fingerprint density at radius 2 is 1.65 bits per heavy atom. The summed E-state index contributed by atoms with van der Waals surface area (Å²) in [6.45, 7) is 0. The maximum atomic E-state index is 13.8. The van der Waals surface area contributed by atoms with Gasteiger partial charge in [-0.2, -0.15) is 4.39 Å². The highest BCUT2D eigenvalue weighted by atomic mass is 32.1. The lowest BCUT2D eigenvalue weighted by Gasteiger charge is -2.05. The normalized spacial score (nSPS) is 10.9. The molecule has 0 aliphatic carbocycles. The van der Waals surface area contributed by atoms with Crippen molar-refractivity contribution in [2.24, 2.45) is 0 Å². The van der Waals surface area contributed by atoms with E-state index >= 15 is 0 Å². The van der Waals surface area contributed by atoms with E-state index in [9.17, 15) is 23.4 Å². The van der Waals surface area contributed by atoms with Crippen molar-refractivity contribution in [2.75, 3.05) is 0 Å². The van der Waals surface area contributed by atoms with E-state index in [1.165, 1.54) is 11.3 Å². The number of rotatable bonds is 3. The van der Waals surface area contributed by atoms with Crippen LogP contribution in [0.25, 0.3) is 10.4 Å². The molecule has 0 fully saturated rings. The zero-order valence-corrected chi connectivity index (χ0v) is 12.5. The topological polar surface area (TPSA) is 40.5 Å². The van der Waals surface area contributed by atoms with Crippen LogP contribution in [0.15, 0.2) is 42.5 Å². The maximum Gasteiger partial charge on any atom is 0.203 e. The van der Waals surface area contributed by atoms with Crippen LogP contribution in [-0.2, 0) is 6.42 Å². The minimum atomic E-state index is -1.59. The van der Waals surface area contributed by atoms with Crippen molar-refractivity contribution in [3.63, 3.8) is 0 Å². The fourth-order valence-electron chi connectivity index (χ4n) is 2.26. The molecule has 2 N–H and O–H groups in total. The van der Waals surface area contributed by atoms with Crippen molar-refractivity contribution >= 4 is 11.3 Å². The number of phenolic OH excluding ortho intramolecular Hbond substituents is 2. The highest BCUT2D eigenvalue weighted by molar-refractivity contribution is 7.15. The third-order valence-electron chi connectivity index (χ3n) is 3.40. The van der Waals surface area contributed by atoms with Crippen molar-refractivity contribution in [1.29, 1.82) is 0 Å². The molecule has 2 aromatic carbocycles. The number of phenols is 2. The van der Waals surface area contributed by atoms with E-state index < -0.39 is 23.2 Å². The molecule has 3 aromatic rings. The number of benzene rings is 2. The van der Waals surface area contributed by atoms with Crippen LogP contribution in [0.3, 0.4) is 0 Å². The molecule has 118 valence electrons. The van der Waals surface area contributed by atoms with Crippen molar-refractivity contribution in [1.82, 2.24) is 0 Å². The summed E-state index contributed by atoms with van der Waals surface area (Å²) in [7, 11) is 0. The van der Waals surface area contributed by atoms with Crippen LogP contribution < -0.4 is 0 Å². The molecule has 0 atom stereocenters. The summed E-state index contributed by atoms with van der Waals surface area (Å²) in [5, 5.41) is 19.1. The first-order valence-electron chi connectivity index (χ1n) is 6.69. The summed E-state index contributed by atoms with van der Waals surface area (Å²) in [4.78, 5) is 1.46. The highest BCUT2D eigenvalue weighted by Crippen LogP contribution is 2.35. The van der Waals surface area contributed by atoms with E-state index in [-0.39, 0.29) is 17.7 Å². The molecule has 6 heteroatoms. The van der Waals surface area contributed by atoms with Gasteiger partial charge in [-0.1, -0.05) is 12.1 Å². The Hall–Kier alpha value is -2.47. The van der Waals surface area contributed by atoms with Gasteiger partial charge in [0.15, 0.2) is 17.4 Å². The summed E-state index contributed by atoms with van der Waals surface area (Å²) >= 11 is 1.30. The quantitative estimate of drug-likeness (QED) is 0.672. The van der Waals surface area contributed by atoms with E-state index in [1.807, 2.05) is 0 Å². The van der Waals surface area contributed by atoms with Crippen molar-refractivity contribution < 1.29 is 23.4 Å². The van der Waals surface area contributed by atoms with E-state index in [4.69, 9.17) is 0 Å². The van der Waals surface area contributed by atoms with Gasteiger partial charge in [0.1, 0.15) is 5.75 Å². The molecule has 0 aliphatic rings. The van der Waals surface area contributed by atoms with Crippen molar-refractivity contribution in [2.45, 2.75) is 6.42 Å². The molecule has 0 radical (unpaired) electrons. The van der Waals surface area contributed by atoms with E-state index in [0.29, 0.717) is 10.4 Å². The maximum absolute atomic E-state index is 13.8. The van der Waals surface area contributed by atoms with Gasteiger partial charge in [0.05, 0.1) is 0 Å². The lowest BCUT2D eigenvalue weighted by atomic mass is 10.1. The van der Waals surface area contributed by atoms with Crippen molar-refractivity contribution in [3.8, 4) is 21.9 Å². The van der Waals surface area contributed by atoms with Crippen LogP contribution in [0.2, 0.25) is 0 Å². The fourth-order valence-corrected chi connectivity index (χ4v) is 3.32. The van der Waals surface area contributed by atoms with Gasteiger partial charge in [-0.25, -0.2) is 8.78 Å². The molecular weight excluding hydrogens is 325 g/mol. The van der Waals surface area contributed by atoms with Crippen LogP contribution in [0.5, 0.6) is 11.5 Å². The molecule has 1 aromatic heterocycles. The van der Waals surface area contributed by atoms with Gasteiger partial charge in [-0.3, -0.25) is 0 Å². The molecule has 0 saturated carbocycles. The van der Waals surface area contributed by atoms with E-state index in [1.54, 1.807) is 36.4 Å². The summed E-state index contributed by atoms with van der Waals surface area (Å²) in [5.41, 5.74) is 0.504. The van der Waals surface area contributed by atoms with Gasteiger partial charge in [-0.05, 0) is 35.9 Å². The molecule has 23 heavy (non-hydrogen) atoms. The first-order chi connectivity index (χ1) is 11.0. The molecule has 1 heterocycles. The predicted octanol–water partition coefficient (Wildman–Crippen LogP) is 4.83. The molecule has 0 aliphatic heterocycles. The number of para-hydroxylation sites is 1. The molecular formula is C17H11F3O2S. The number of hydrogen-bond acceptors (Lipinski definition) is 3. The van der Waals surface area contributed by atoms with Crippen LogP contribution in [0, 0.1) is 17.5 Å². The smallest absolute Gasteiger partial charge is 0.203 e. The Kier molecular flexibility index (Phi) is 4.00. The first-order valence-corrected chi connectivity index (χ1v) is 7.51. The van der Waals surface area contributed by atoms with Crippen LogP contribution in [0.4, 0.5) is 13.2 Å². The first kappa shape index (κ1) is 15.4. The Balaban J connectivity index is 1.93. The van der Waals surface area contributed by atoms with Gasteiger partial charge in [0.2, 0.25) is 5.82 Å². The molecule has 0 bridgehead atoms. The zero-order valence-electron chi connectivity index (χ0n) is 11.7. The van der Waals surface area contributed by atoms with Gasteiger partial charge in [0.25, 0.3) is 0 Å². The lowest BCUT2D eigenvalue weighted by Crippen LogP contribution is -1.97. The standard InChI is InChI=1S/C17H11F3O2S/c18-12-8-9(15(19)17(22)16(12)20)7-10-5-6-14(23-10)11-3-1-2-4-13(11)21/h1-6,8,21-22H,7H2. The molecule has 0 unspecified atom stereocenters. The van der Waals surface area contributed by atoms with Crippen molar-refractivity contribution in [3.05, 3.63) is 70.4 Å². The zero-order chi connectivity index (χ0) is 16.6. The Bertz CT molecular complexity index is 874. The Morgan fingerprint density at radius 3 is 2.39 bits per heavy atom. The van der Waals surface area contributed by atoms with Gasteiger partial charge in [0, 0.05) is 21.7 Å². The molecule has 0 amide bonds. The molecule has 2 nitrogen and oxygen atoms in total. The lowest BCUT2D eigenvalue weighted by molar-refractivity contribution is 0.373. The SMILES string of the molecule is Oc1ccccc1-c1ccc(Cc2cc(F)c(F)c(O)c2F)s1. The molecule has 0 spiro atoms. The fraction of sp³-hybridized carbons (Fsp3) is 0.0588. The largest absolute Gasteiger partial charge is 0.507 e. The summed E-state index contributed by atoms with van der Waals surface area (Å²) in [6, 6.07) is 11.0. The average Bonchev–Trinajstić information content (AvgIpc) is 2.99. The second kappa shape index (κ2) is 5.96. The van der Waals surface area contributed by atoms with Crippen LogP contribution >= 0.6 is 11.3 Å². The Labute approximate surface area is 134 Å². The summed E-state index contributed by atoms with van der Waals surface area (Å²) in [6.07, 6.45) is 0.00879. The number of thiophene rings is 1. The number of halogens is 3. The number of aromatic hydroxyl groups is 2. The molecule has 0 saturated heterocycles. The third kappa shape index (κ3) is 2.90. The highest BCUT2D eigenvalue weighted by Gasteiger charge is 2.18. The Morgan fingerprint density at radius 1 is 0.913 bits per heavy atom. The van der Waals surface area contributed by atoms with Gasteiger partial charge >= 0.3 is 0 Å². The van der Waals surface area contributed by atoms with Gasteiger partial charge in [-0.15, -0.1) is 11.3 Å². The minimum absolute atomic E-state index is 0.00879. The monoisotopic (exact) mass is 336 g/mol. The minimum Gasteiger partial charge on any atom is -0.507 e.